The molecule has 1 aliphatic carbocycles. The van der Waals surface area contributed by atoms with Gasteiger partial charge in [-0.1, -0.05) is 6.07 Å². The minimum absolute atomic E-state index is 0.155. The zero-order chi connectivity index (χ0) is 30.6. The summed E-state index contributed by atoms with van der Waals surface area (Å²) in [5, 5.41) is 18.3. The van der Waals surface area contributed by atoms with Crippen LogP contribution >= 0.6 is 0 Å². The summed E-state index contributed by atoms with van der Waals surface area (Å²) in [5.74, 6) is -4.51. The van der Waals surface area contributed by atoms with Gasteiger partial charge in [0, 0.05) is 18.5 Å². The van der Waals surface area contributed by atoms with Crippen molar-refractivity contribution in [3.8, 4) is 6.07 Å². The number of halogens is 5. The van der Waals surface area contributed by atoms with Crippen LogP contribution in [0, 0.1) is 24.2 Å². The van der Waals surface area contributed by atoms with Gasteiger partial charge in [-0.2, -0.15) is 10.4 Å². The van der Waals surface area contributed by atoms with Crippen LogP contribution in [0.5, 0.6) is 0 Å². The highest BCUT2D eigenvalue weighted by atomic mass is 19.3. The second-order valence-corrected chi connectivity index (χ2v) is 10.6. The third kappa shape index (κ3) is 6.88. The molecule has 0 bridgehead atoms. The topological polar surface area (TPSA) is 128 Å². The number of benzene rings is 1. The predicted molar refractivity (Wildman–Crippen MR) is 143 cm³/mol. The van der Waals surface area contributed by atoms with E-state index in [-0.39, 0.29) is 43.6 Å². The summed E-state index contributed by atoms with van der Waals surface area (Å²) >= 11 is 0. The second kappa shape index (κ2) is 12.9. The van der Waals surface area contributed by atoms with Crippen LogP contribution < -0.4 is 10.6 Å². The summed E-state index contributed by atoms with van der Waals surface area (Å²) in [6, 6.07) is 5.44. The van der Waals surface area contributed by atoms with Gasteiger partial charge in [0.2, 0.25) is 12.1 Å². The fourth-order valence-electron chi connectivity index (χ4n) is 5.16. The highest BCUT2D eigenvalue weighted by Crippen LogP contribution is 2.41. The Kier molecular flexibility index (Phi) is 9.48. The molecule has 9 nitrogen and oxygen atoms in total. The zero-order valence-electron chi connectivity index (χ0n) is 23.1. The van der Waals surface area contributed by atoms with Crippen molar-refractivity contribution in [2.45, 2.75) is 82.8 Å². The molecule has 14 heteroatoms. The molecule has 1 fully saturated rings. The van der Waals surface area contributed by atoms with Crippen LogP contribution in [0.25, 0.3) is 11.0 Å². The normalized spacial score (nSPS) is 18.1. The first-order valence-corrected chi connectivity index (χ1v) is 13.7. The van der Waals surface area contributed by atoms with Crippen LogP contribution in [0.4, 0.5) is 22.0 Å². The van der Waals surface area contributed by atoms with Crippen molar-refractivity contribution in [3.63, 3.8) is 0 Å². The summed E-state index contributed by atoms with van der Waals surface area (Å²) < 4.78 is 69.0. The van der Waals surface area contributed by atoms with E-state index in [0.29, 0.717) is 34.7 Å². The lowest BCUT2D eigenvalue weighted by Crippen LogP contribution is -2.39. The smallest absolute Gasteiger partial charge is 0.258 e. The maximum Gasteiger partial charge on any atom is 0.258 e. The largest absolute Gasteiger partial charge is 0.347 e. The quantitative estimate of drug-likeness (QED) is 0.267. The maximum absolute atomic E-state index is 14.0. The lowest BCUT2D eigenvalue weighted by Gasteiger charge is -2.33. The van der Waals surface area contributed by atoms with Crippen molar-refractivity contribution < 1.29 is 31.5 Å². The fraction of sp³-hybridized carbons (Fsp3) is 0.536. The average molecular weight is 594 g/mol. The van der Waals surface area contributed by atoms with Gasteiger partial charge in [0.05, 0.1) is 53.9 Å². The van der Waals surface area contributed by atoms with E-state index < -0.39 is 48.8 Å². The van der Waals surface area contributed by atoms with Crippen molar-refractivity contribution in [1.82, 2.24) is 30.4 Å². The van der Waals surface area contributed by atoms with E-state index in [0.717, 1.165) is 0 Å². The minimum Gasteiger partial charge on any atom is -0.347 e. The number of nitrogens with zero attached hydrogens (tertiary/aromatic N) is 4. The number of carbonyl (C=O) groups is 2. The molecule has 0 spiro atoms. The van der Waals surface area contributed by atoms with Gasteiger partial charge in [-0.25, -0.2) is 26.9 Å². The first kappa shape index (κ1) is 30.9. The number of hydrogen-bond acceptors (Lipinski definition) is 5. The number of fused-ring (bicyclic) bond motifs is 1. The number of H-pyrrole nitrogens is 1. The Morgan fingerprint density at radius 2 is 1.95 bits per heavy atom. The van der Waals surface area contributed by atoms with Crippen LogP contribution in [-0.4, -0.2) is 56.5 Å². The molecule has 0 aliphatic heterocycles. The Bertz CT molecular complexity index is 1460. The Balaban J connectivity index is 1.59. The number of nitriles is 1. The van der Waals surface area contributed by atoms with Gasteiger partial charge in [-0.05, 0) is 50.3 Å². The van der Waals surface area contributed by atoms with E-state index in [1.54, 1.807) is 36.7 Å². The molecule has 3 aromatic rings. The standard InChI is InChI=1S/C28H32F5N7O2/c1-15(36-27(42)23(31)20(30)13-29)18-4-5-21-22(12-18)38-25(37-21)24(17-6-8-28(32,33)9-7-17)39-26(41)19-14-35-40(16(19)2)11-3-10-34/h4-5,12,14-15,17,20,23-24H,3,6-9,11,13H2,1-2H3,(H,36,42)(H,37,38)(H,39,41)/t15-,20?,23?,24+/m1/s1. The van der Waals surface area contributed by atoms with Crippen LogP contribution in [0.1, 0.15) is 78.6 Å². The Morgan fingerprint density at radius 3 is 2.62 bits per heavy atom. The molecule has 3 N–H and O–H groups in total. The van der Waals surface area contributed by atoms with Crippen molar-refractivity contribution in [2.24, 2.45) is 5.92 Å². The van der Waals surface area contributed by atoms with Gasteiger partial charge in [0.1, 0.15) is 12.5 Å². The van der Waals surface area contributed by atoms with E-state index in [1.165, 1.54) is 6.20 Å². The number of rotatable bonds is 11. The lowest BCUT2D eigenvalue weighted by molar-refractivity contribution is -0.129. The van der Waals surface area contributed by atoms with Crippen LogP contribution in [0.2, 0.25) is 0 Å². The molecule has 4 atom stereocenters. The number of carbonyl (C=O) groups excluding carboxylic acids is 2. The maximum atomic E-state index is 14.0. The highest BCUT2D eigenvalue weighted by Gasteiger charge is 2.40. The van der Waals surface area contributed by atoms with Gasteiger partial charge in [0.15, 0.2) is 6.17 Å². The molecule has 0 saturated heterocycles. The van der Waals surface area contributed by atoms with Crippen LogP contribution in [0.3, 0.4) is 0 Å². The first-order chi connectivity index (χ1) is 19.9. The molecule has 42 heavy (non-hydrogen) atoms. The molecule has 2 aromatic heterocycles. The summed E-state index contributed by atoms with van der Waals surface area (Å²) in [5.41, 5.74) is 2.37. The number of amides is 2. The average Bonchev–Trinajstić information content (AvgIpc) is 3.56. The molecule has 2 amide bonds. The van der Waals surface area contributed by atoms with Gasteiger partial charge in [-0.15, -0.1) is 0 Å². The van der Waals surface area contributed by atoms with Crippen molar-refractivity contribution >= 4 is 22.8 Å². The van der Waals surface area contributed by atoms with E-state index in [4.69, 9.17) is 5.26 Å². The number of aromatic nitrogens is 4. The SMILES string of the molecule is Cc1c(C(=O)N[C@H](c2nc3ccc([C@@H](C)NC(=O)C(F)C(F)CF)cc3[nH]2)C2CCC(F)(F)CC2)cnn1CCC#N. The molecular weight excluding hydrogens is 561 g/mol. The fourth-order valence-corrected chi connectivity index (χ4v) is 5.16. The number of imidazole rings is 1. The summed E-state index contributed by atoms with van der Waals surface area (Å²) in [6.45, 7) is 1.95. The minimum atomic E-state index is -2.78. The van der Waals surface area contributed by atoms with Crippen LogP contribution in [-0.2, 0) is 11.3 Å². The number of hydrogen-bond donors (Lipinski definition) is 3. The zero-order valence-corrected chi connectivity index (χ0v) is 23.1. The summed E-state index contributed by atoms with van der Waals surface area (Å²) in [7, 11) is 0. The molecule has 1 aromatic carbocycles. The third-order valence-corrected chi connectivity index (χ3v) is 7.70. The third-order valence-electron chi connectivity index (χ3n) is 7.70. The molecular formula is C28H32F5N7O2. The van der Waals surface area contributed by atoms with Crippen molar-refractivity contribution in [1.29, 1.82) is 5.26 Å². The summed E-state index contributed by atoms with van der Waals surface area (Å²) in [4.78, 5) is 33.1. The van der Waals surface area contributed by atoms with Gasteiger partial charge >= 0.3 is 0 Å². The number of aryl methyl sites for hydroxylation is 1. The predicted octanol–water partition coefficient (Wildman–Crippen LogP) is 5.10. The Labute approximate surface area is 238 Å². The molecule has 0 radical (unpaired) electrons. The van der Waals surface area contributed by atoms with E-state index in [9.17, 15) is 31.5 Å². The molecule has 226 valence electrons. The number of nitrogens with one attached hydrogen (secondary N) is 3. The lowest BCUT2D eigenvalue weighted by atomic mass is 9.81. The Hall–Kier alpha value is -4.02. The van der Waals surface area contributed by atoms with E-state index >= 15 is 0 Å². The van der Waals surface area contributed by atoms with Gasteiger partial charge in [-0.3, -0.25) is 14.3 Å². The van der Waals surface area contributed by atoms with E-state index in [1.807, 2.05) is 6.07 Å². The highest BCUT2D eigenvalue weighted by molar-refractivity contribution is 5.95. The Morgan fingerprint density at radius 1 is 1.24 bits per heavy atom. The molecule has 1 saturated carbocycles. The van der Waals surface area contributed by atoms with Gasteiger partial charge in [0.25, 0.3) is 11.8 Å². The number of aromatic amines is 1. The van der Waals surface area contributed by atoms with Gasteiger partial charge < -0.3 is 15.6 Å². The molecule has 2 heterocycles. The van der Waals surface area contributed by atoms with Crippen molar-refractivity contribution in [2.75, 3.05) is 6.67 Å². The second-order valence-electron chi connectivity index (χ2n) is 10.6. The monoisotopic (exact) mass is 593 g/mol. The number of alkyl halides is 5. The molecule has 1 aliphatic rings. The molecule has 4 rings (SSSR count). The first-order valence-electron chi connectivity index (χ1n) is 13.7. The van der Waals surface area contributed by atoms with Crippen molar-refractivity contribution in [3.05, 3.63) is 47.0 Å². The molecule has 2 unspecified atom stereocenters. The summed E-state index contributed by atoms with van der Waals surface area (Å²) in [6.07, 6.45) is -3.93. The van der Waals surface area contributed by atoms with Crippen LogP contribution in [0.15, 0.2) is 24.4 Å². The van der Waals surface area contributed by atoms with E-state index in [2.05, 4.69) is 25.7 Å².